The monoisotopic (exact) mass is 187 g/mol. The van der Waals surface area contributed by atoms with Gasteiger partial charge in [-0.1, -0.05) is 35.0 Å². The second kappa shape index (κ2) is 3.41. The Morgan fingerprint density at radius 2 is 1.93 bits per heavy atom. The number of hydrogen-bond donors (Lipinski definition) is 1. The summed E-state index contributed by atoms with van der Waals surface area (Å²) < 4.78 is 1.66. The predicted octanol–water partition coefficient (Wildman–Crippen LogP) is 0.550. The van der Waals surface area contributed by atoms with Gasteiger partial charge in [0, 0.05) is 10.7 Å². The van der Waals surface area contributed by atoms with Crippen molar-refractivity contribution in [3.05, 3.63) is 36.5 Å². The zero-order valence-electron chi connectivity index (χ0n) is 7.88. The zero-order valence-corrected chi connectivity index (χ0v) is 7.88. The molecule has 4 heteroatoms. The SMILES string of the molecule is C[n+]1cc(-c2ccccc2)nc(N)n1. The molecular weight excluding hydrogens is 176 g/mol. The predicted molar refractivity (Wildman–Crippen MR) is 53.1 cm³/mol. The van der Waals surface area contributed by atoms with Gasteiger partial charge in [-0.2, -0.15) is 0 Å². The minimum atomic E-state index is 0.286. The van der Waals surface area contributed by atoms with Crippen LogP contribution in [0.15, 0.2) is 36.5 Å². The van der Waals surface area contributed by atoms with E-state index in [1.807, 2.05) is 43.6 Å². The molecule has 1 aromatic heterocycles. The molecule has 0 unspecified atom stereocenters. The van der Waals surface area contributed by atoms with Crippen LogP contribution < -0.4 is 10.4 Å². The maximum atomic E-state index is 5.55. The molecule has 0 radical (unpaired) electrons. The summed E-state index contributed by atoms with van der Waals surface area (Å²) in [6.07, 6.45) is 1.84. The number of aromatic nitrogens is 3. The largest absolute Gasteiger partial charge is 0.363 e. The van der Waals surface area contributed by atoms with Gasteiger partial charge >= 0.3 is 0 Å². The molecule has 70 valence electrons. The maximum absolute atomic E-state index is 5.55. The summed E-state index contributed by atoms with van der Waals surface area (Å²) in [4.78, 5) is 4.15. The molecule has 2 aromatic rings. The maximum Gasteiger partial charge on any atom is 0.286 e. The summed E-state index contributed by atoms with van der Waals surface area (Å²) in [7, 11) is 1.82. The van der Waals surface area contributed by atoms with E-state index >= 15 is 0 Å². The minimum absolute atomic E-state index is 0.286. The molecule has 4 nitrogen and oxygen atoms in total. The Labute approximate surface area is 82.0 Å². The van der Waals surface area contributed by atoms with Gasteiger partial charge in [-0.15, -0.1) is 0 Å². The molecule has 0 bridgehead atoms. The number of nitrogens with two attached hydrogens (primary N) is 1. The lowest BCUT2D eigenvalue weighted by Gasteiger charge is -1.97. The van der Waals surface area contributed by atoms with Crippen LogP contribution in [0.5, 0.6) is 0 Å². The second-order valence-corrected chi connectivity index (χ2v) is 3.02. The molecule has 2 N–H and O–H groups in total. The molecule has 0 atom stereocenters. The first-order chi connectivity index (χ1) is 6.75. The van der Waals surface area contributed by atoms with E-state index in [0.29, 0.717) is 0 Å². The Kier molecular flexibility index (Phi) is 2.10. The lowest BCUT2D eigenvalue weighted by molar-refractivity contribution is -0.729. The van der Waals surface area contributed by atoms with Crippen LogP contribution in [0.25, 0.3) is 11.3 Å². The molecule has 14 heavy (non-hydrogen) atoms. The summed E-state index contributed by atoms with van der Waals surface area (Å²) in [5, 5.41) is 3.94. The van der Waals surface area contributed by atoms with Gasteiger partial charge in [0.2, 0.25) is 6.20 Å². The van der Waals surface area contributed by atoms with Crippen molar-refractivity contribution in [2.75, 3.05) is 5.73 Å². The van der Waals surface area contributed by atoms with Crippen LogP contribution >= 0.6 is 0 Å². The average Bonchev–Trinajstić information content (AvgIpc) is 2.18. The lowest BCUT2D eigenvalue weighted by Crippen LogP contribution is -2.34. The van der Waals surface area contributed by atoms with Crippen LogP contribution in [0.1, 0.15) is 0 Å². The molecule has 0 aliphatic heterocycles. The van der Waals surface area contributed by atoms with Crippen LogP contribution in [0.3, 0.4) is 0 Å². The van der Waals surface area contributed by atoms with Crippen LogP contribution in [0, 0.1) is 0 Å². The minimum Gasteiger partial charge on any atom is -0.363 e. The fourth-order valence-corrected chi connectivity index (χ4v) is 1.29. The molecule has 0 aliphatic carbocycles. The van der Waals surface area contributed by atoms with Crippen LogP contribution in [-0.2, 0) is 7.05 Å². The normalized spacial score (nSPS) is 10.1. The number of aryl methyl sites for hydroxylation is 1. The first-order valence-electron chi connectivity index (χ1n) is 4.31. The molecule has 0 saturated carbocycles. The van der Waals surface area contributed by atoms with Gasteiger partial charge in [0.25, 0.3) is 5.95 Å². The molecule has 0 amide bonds. The number of benzene rings is 1. The van der Waals surface area contributed by atoms with E-state index in [1.165, 1.54) is 0 Å². The summed E-state index contributed by atoms with van der Waals surface area (Å²) in [5.41, 5.74) is 7.43. The number of rotatable bonds is 1. The number of hydrogen-bond acceptors (Lipinski definition) is 3. The third-order valence-electron chi connectivity index (χ3n) is 1.87. The molecule has 0 aliphatic rings. The van der Waals surface area contributed by atoms with Crippen molar-refractivity contribution in [1.29, 1.82) is 0 Å². The van der Waals surface area contributed by atoms with Crippen molar-refractivity contribution < 1.29 is 4.68 Å². The lowest BCUT2D eigenvalue weighted by atomic mass is 10.2. The average molecular weight is 187 g/mol. The highest BCUT2D eigenvalue weighted by molar-refractivity contribution is 5.57. The van der Waals surface area contributed by atoms with Gasteiger partial charge in [-0.05, 0) is 0 Å². The topological polar surface area (TPSA) is 55.7 Å². The van der Waals surface area contributed by atoms with E-state index in [-0.39, 0.29) is 5.95 Å². The summed E-state index contributed by atoms with van der Waals surface area (Å²) in [6.45, 7) is 0. The van der Waals surface area contributed by atoms with Crippen molar-refractivity contribution in [1.82, 2.24) is 10.1 Å². The fourth-order valence-electron chi connectivity index (χ4n) is 1.29. The van der Waals surface area contributed by atoms with E-state index < -0.39 is 0 Å². The smallest absolute Gasteiger partial charge is 0.286 e. The fraction of sp³-hybridized carbons (Fsp3) is 0.100. The molecule has 0 fully saturated rings. The van der Waals surface area contributed by atoms with E-state index in [2.05, 4.69) is 10.1 Å². The Morgan fingerprint density at radius 3 is 2.57 bits per heavy atom. The Morgan fingerprint density at radius 1 is 1.21 bits per heavy atom. The number of nitrogens with zero attached hydrogens (tertiary/aromatic N) is 3. The van der Waals surface area contributed by atoms with Crippen molar-refractivity contribution in [2.45, 2.75) is 0 Å². The summed E-state index contributed by atoms with van der Waals surface area (Å²) in [5.74, 6) is 0.286. The van der Waals surface area contributed by atoms with E-state index in [0.717, 1.165) is 11.3 Å². The third-order valence-corrected chi connectivity index (χ3v) is 1.87. The Balaban J connectivity index is 2.52. The molecule has 2 rings (SSSR count). The van der Waals surface area contributed by atoms with Gasteiger partial charge in [0.05, 0.1) is 0 Å². The second-order valence-electron chi connectivity index (χ2n) is 3.02. The molecule has 0 spiro atoms. The van der Waals surface area contributed by atoms with Crippen LogP contribution in [-0.4, -0.2) is 10.1 Å². The Hall–Kier alpha value is -1.97. The molecule has 1 heterocycles. The van der Waals surface area contributed by atoms with Crippen molar-refractivity contribution in [3.63, 3.8) is 0 Å². The van der Waals surface area contributed by atoms with Gasteiger partial charge in [0.15, 0.2) is 7.05 Å². The van der Waals surface area contributed by atoms with E-state index in [4.69, 9.17) is 5.73 Å². The number of nitrogen functional groups attached to an aromatic ring is 1. The summed E-state index contributed by atoms with van der Waals surface area (Å²) in [6, 6.07) is 9.87. The zero-order chi connectivity index (χ0) is 9.97. The first-order valence-corrected chi connectivity index (χ1v) is 4.31. The number of anilines is 1. The highest BCUT2D eigenvalue weighted by Gasteiger charge is 2.06. The highest BCUT2D eigenvalue weighted by Crippen LogP contribution is 2.13. The van der Waals surface area contributed by atoms with E-state index in [9.17, 15) is 0 Å². The van der Waals surface area contributed by atoms with Crippen LogP contribution in [0.2, 0.25) is 0 Å². The van der Waals surface area contributed by atoms with Crippen molar-refractivity contribution in [2.24, 2.45) is 7.05 Å². The molecule has 1 aromatic carbocycles. The first kappa shape index (κ1) is 8.62. The quantitative estimate of drug-likeness (QED) is 0.663. The van der Waals surface area contributed by atoms with Gasteiger partial charge < -0.3 is 5.73 Å². The molecular formula is C10H11N4+. The standard InChI is InChI=1S/C10H11N4/c1-14-7-9(12-10(11)13-14)8-5-3-2-4-6-8/h2-7H,1H3,(H2,11,12,13)/q+1. The van der Waals surface area contributed by atoms with Gasteiger partial charge in [-0.3, -0.25) is 0 Å². The highest BCUT2D eigenvalue weighted by atomic mass is 15.3. The van der Waals surface area contributed by atoms with E-state index in [1.54, 1.807) is 4.68 Å². The third kappa shape index (κ3) is 1.69. The van der Waals surface area contributed by atoms with Gasteiger partial charge in [0.1, 0.15) is 5.69 Å². The molecule has 0 saturated heterocycles. The van der Waals surface area contributed by atoms with Crippen molar-refractivity contribution in [3.8, 4) is 11.3 Å². The van der Waals surface area contributed by atoms with Crippen molar-refractivity contribution >= 4 is 5.95 Å². The van der Waals surface area contributed by atoms with Gasteiger partial charge in [-0.25, -0.2) is 4.98 Å². The summed E-state index contributed by atoms with van der Waals surface area (Å²) >= 11 is 0. The Bertz CT molecular complexity index is 419. The van der Waals surface area contributed by atoms with Crippen LogP contribution in [0.4, 0.5) is 5.95 Å².